The zero-order valence-corrected chi connectivity index (χ0v) is 14.1. The Morgan fingerprint density at radius 2 is 2.14 bits per heavy atom. The maximum absolute atomic E-state index is 12.2. The number of benzene rings is 1. The molecule has 1 aromatic rings. The summed E-state index contributed by atoms with van der Waals surface area (Å²) in [5, 5.41) is 2.81. The summed E-state index contributed by atoms with van der Waals surface area (Å²) >= 11 is 0. The number of carbonyl (C=O) groups is 1. The summed E-state index contributed by atoms with van der Waals surface area (Å²) in [5.74, 6) is 1.08. The van der Waals surface area contributed by atoms with Crippen molar-refractivity contribution in [2.45, 2.75) is 38.6 Å². The number of amides is 1. The van der Waals surface area contributed by atoms with Gasteiger partial charge in [-0.3, -0.25) is 4.79 Å². The van der Waals surface area contributed by atoms with Gasteiger partial charge in [-0.05, 0) is 24.0 Å². The van der Waals surface area contributed by atoms with Gasteiger partial charge in [-0.2, -0.15) is 0 Å². The summed E-state index contributed by atoms with van der Waals surface area (Å²) in [4.78, 5) is 12.2. The SMILES string of the molecule is COc1ccc(C(C)C)cc1CC(=O)NC1CCS(=O)(=O)C1. The maximum Gasteiger partial charge on any atom is 0.224 e. The summed E-state index contributed by atoms with van der Waals surface area (Å²) < 4.78 is 28.2. The number of sulfone groups is 1. The quantitative estimate of drug-likeness (QED) is 0.894. The fraction of sp³-hybridized carbons (Fsp3) is 0.562. The number of methoxy groups -OCH3 is 1. The molecule has 2 rings (SSSR count). The van der Waals surface area contributed by atoms with E-state index in [4.69, 9.17) is 4.74 Å². The van der Waals surface area contributed by atoms with Crippen LogP contribution in [-0.2, 0) is 21.1 Å². The molecular weight excluding hydrogens is 302 g/mol. The second-order valence-electron chi connectivity index (χ2n) is 6.07. The van der Waals surface area contributed by atoms with E-state index in [-0.39, 0.29) is 29.9 Å². The normalized spacial score (nSPS) is 20.1. The van der Waals surface area contributed by atoms with Gasteiger partial charge in [0.05, 0.1) is 25.0 Å². The first-order valence-electron chi connectivity index (χ1n) is 7.47. The van der Waals surface area contributed by atoms with Crippen molar-refractivity contribution in [2.75, 3.05) is 18.6 Å². The Hall–Kier alpha value is -1.56. The van der Waals surface area contributed by atoms with E-state index in [0.717, 1.165) is 11.1 Å². The highest BCUT2D eigenvalue weighted by Crippen LogP contribution is 2.24. The molecule has 1 aromatic carbocycles. The van der Waals surface area contributed by atoms with E-state index in [1.54, 1.807) is 7.11 Å². The predicted molar refractivity (Wildman–Crippen MR) is 86.0 cm³/mol. The second-order valence-corrected chi connectivity index (χ2v) is 8.30. The Labute approximate surface area is 132 Å². The molecule has 1 N–H and O–H groups in total. The zero-order valence-electron chi connectivity index (χ0n) is 13.3. The third kappa shape index (κ3) is 4.22. The van der Waals surface area contributed by atoms with Gasteiger partial charge in [-0.15, -0.1) is 0 Å². The van der Waals surface area contributed by atoms with Crippen molar-refractivity contribution in [3.8, 4) is 5.75 Å². The molecule has 1 heterocycles. The summed E-state index contributed by atoms with van der Waals surface area (Å²) in [6.45, 7) is 4.18. The van der Waals surface area contributed by atoms with Crippen LogP contribution in [-0.4, -0.2) is 39.0 Å². The first-order chi connectivity index (χ1) is 10.3. The zero-order chi connectivity index (χ0) is 16.3. The van der Waals surface area contributed by atoms with Gasteiger partial charge in [-0.25, -0.2) is 8.42 Å². The molecule has 5 nitrogen and oxygen atoms in total. The molecule has 1 saturated heterocycles. The van der Waals surface area contributed by atoms with Crippen LogP contribution in [0.5, 0.6) is 5.75 Å². The molecule has 1 atom stereocenters. The molecular formula is C16H23NO4S. The van der Waals surface area contributed by atoms with Crippen LogP contribution < -0.4 is 10.1 Å². The number of rotatable bonds is 5. The van der Waals surface area contributed by atoms with E-state index in [9.17, 15) is 13.2 Å². The molecule has 1 fully saturated rings. The van der Waals surface area contributed by atoms with Gasteiger partial charge in [0, 0.05) is 11.6 Å². The first-order valence-corrected chi connectivity index (χ1v) is 9.29. The number of nitrogens with one attached hydrogen (secondary N) is 1. The van der Waals surface area contributed by atoms with Gasteiger partial charge >= 0.3 is 0 Å². The molecule has 1 amide bonds. The van der Waals surface area contributed by atoms with E-state index < -0.39 is 9.84 Å². The van der Waals surface area contributed by atoms with E-state index in [1.807, 2.05) is 18.2 Å². The third-order valence-electron chi connectivity index (χ3n) is 3.92. The van der Waals surface area contributed by atoms with Crippen LogP contribution in [0.3, 0.4) is 0 Å². The molecule has 0 spiro atoms. The molecule has 6 heteroatoms. The highest BCUT2D eigenvalue weighted by Gasteiger charge is 2.29. The van der Waals surface area contributed by atoms with E-state index in [1.165, 1.54) is 0 Å². The predicted octanol–water partition coefficient (Wildman–Crippen LogP) is 1.66. The minimum Gasteiger partial charge on any atom is -0.496 e. The average Bonchev–Trinajstić information content (AvgIpc) is 2.77. The Morgan fingerprint density at radius 1 is 1.41 bits per heavy atom. The maximum atomic E-state index is 12.2. The Morgan fingerprint density at radius 3 is 2.68 bits per heavy atom. The van der Waals surface area contributed by atoms with Gasteiger partial charge in [0.15, 0.2) is 9.84 Å². The number of hydrogen-bond acceptors (Lipinski definition) is 4. The van der Waals surface area contributed by atoms with Crippen molar-refractivity contribution in [2.24, 2.45) is 0 Å². The van der Waals surface area contributed by atoms with Crippen molar-refractivity contribution in [3.05, 3.63) is 29.3 Å². The van der Waals surface area contributed by atoms with Gasteiger partial charge in [-0.1, -0.05) is 26.0 Å². The number of ether oxygens (including phenoxy) is 1. The van der Waals surface area contributed by atoms with Crippen LogP contribution in [0.15, 0.2) is 18.2 Å². The van der Waals surface area contributed by atoms with Crippen LogP contribution in [0.4, 0.5) is 0 Å². The lowest BCUT2D eigenvalue weighted by atomic mass is 9.98. The van der Waals surface area contributed by atoms with Crippen LogP contribution in [0.2, 0.25) is 0 Å². The van der Waals surface area contributed by atoms with Crippen molar-refractivity contribution < 1.29 is 17.9 Å². The Balaban J connectivity index is 2.06. The molecule has 0 radical (unpaired) electrons. The van der Waals surface area contributed by atoms with E-state index >= 15 is 0 Å². The lowest BCUT2D eigenvalue weighted by molar-refractivity contribution is -0.121. The highest BCUT2D eigenvalue weighted by atomic mass is 32.2. The molecule has 0 bridgehead atoms. The minimum atomic E-state index is -2.98. The molecule has 1 aliphatic heterocycles. The molecule has 1 unspecified atom stereocenters. The van der Waals surface area contributed by atoms with Gasteiger partial charge in [0.2, 0.25) is 5.91 Å². The summed E-state index contributed by atoms with van der Waals surface area (Å²) in [7, 11) is -1.41. The molecule has 0 aromatic heterocycles. The van der Waals surface area contributed by atoms with Crippen molar-refractivity contribution in [1.82, 2.24) is 5.32 Å². The monoisotopic (exact) mass is 325 g/mol. The Kier molecular flexibility index (Phi) is 5.11. The van der Waals surface area contributed by atoms with Crippen LogP contribution >= 0.6 is 0 Å². The van der Waals surface area contributed by atoms with Crippen molar-refractivity contribution in [3.63, 3.8) is 0 Å². The van der Waals surface area contributed by atoms with Gasteiger partial charge in [0.1, 0.15) is 5.75 Å². The molecule has 122 valence electrons. The number of hydrogen-bond donors (Lipinski definition) is 1. The molecule has 1 aliphatic rings. The van der Waals surface area contributed by atoms with E-state index in [2.05, 4.69) is 19.2 Å². The standard InChI is InChI=1S/C16H23NO4S/c1-11(2)12-4-5-15(21-3)13(8-12)9-16(18)17-14-6-7-22(19,20)10-14/h4-5,8,11,14H,6-7,9-10H2,1-3H3,(H,17,18). The molecule has 22 heavy (non-hydrogen) atoms. The summed E-state index contributed by atoms with van der Waals surface area (Å²) in [5.41, 5.74) is 1.97. The highest BCUT2D eigenvalue weighted by molar-refractivity contribution is 7.91. The topological polar surface area (TPSA) is 72.5 Å². The molecule has 0 aliphatic carbocycles. The van der Waals surface area contributed by atoms with E-state index in [0.29, 0.717) is 18.1 Å². The average molecular weight is 325 g/mol. The van der Waals surface area contributed by atoms with Crippen molar-refractivity contribution >= 4 is 15.7 Å². The molecule has 0 saturated carbocycles. The third-order valence-corrected chi connectivity index (χ3v) is 5.69. The lowest BCUT2D eigenvalue weighted by Gasteiger charge is -2.14. The van der Waals surface area contributed by atoms with Crippen LogP contribution in [0, 0.1) is 0 Å². The lowest BCUT2D eigenvalue weighted by Crippen LogP contribution is -2.36. The van der Waals surface area contributed by atoms with Crippen LogP contribution in [0.25, 0.3) is 0 Å². The van der Waals surface area contributed by atoms with Gasteiger partial charge < -0.3 is 10.1 Å². The summed E-state index contributed by atoms with van der Waals surface area (Å²) in [6.07, 6.45) is 0.692. The van der Waals surface area contributed by atoms with Crippen molar-refractivity contribution in [1.29, 1.82) is 0 Å². The smallest absolute Gasteiger partial charge is 0.224 e. The largest absolute Gasteiger partial charge is 0.496 e. The van der Waals surface area contributed by atoms with Crippen LogP contribution in [0.1, 0.15) is 37.3 Å². The first kappa shape index (κ1) is 16.8. The summed E-state index contributed by atoms with van der Waals surface area (Å²) in [6, 6.07) is 5.58. The van der Waals surface area contributed by atoms with Gasteiger partial charge in [0.25, 0.3) is 0 Å². The second kappa shape index (κ2) is 6.69. The number of carbonyl (C=O) groups excluding carboxylic acids is 1. The fourth-order valence-electron chi connectivity index (χ4n) is 2.66. The minimum absolute atomic E-state index is 0.0436. The fourth-order valence-corrected chi connectivity index (χ4v) is 4.33. The Bertz CT molecular complexity index is 652.